The van der Waals surface area contributed by atoms with Crippen molar-refractivity contribution in [3.63, 3.8) is 0 Å². The van der Waals surface area contributed by atoms with Crippen LogP contribution in [0, 0.1) is 0 Å². The average molecular weight is 261 g/mol. The van der Waals surface area contributed by atoms with Gasteiger partial charge in [-0.3, -0.25) is 0 Å². The lowest BCUT2D eigenvalue weighted by Gasteiger charge is -2.02. The minimum atomic E-state index is 0.697. The number of thioether (sulfide) groups is 1. The van der Waals surface area contributed by atoms with Gasteiger partial charge in [-0.2, -0.15) is 0 Å². The van der Waals surface area contributed by atoms with E-state index in [1.165, 1.54) is 10.5 Å². The third kappa shape index (κ3) is 5.50. The molecule has 0 atom stereocenters. The molecule has 0 spiro atoms. The Balaban J connectivity index is 2.40. The van der Waals surface area contributed by atoms with Crippen LogP contribution in [0.15, 0.2) is 40.8 Å². The van der Waals surface area contributed by atoms with Crippen LogP contribution in [-0.2, 0) is 0 Å². The Morgan fingerprint density at radius 3 is 2.60 bits per heavy atom. The van der Waals surface area contributed by atoms with Crippen molar-refractivity contribution in [1.82, 2.24) is 0 Å². The van der Waals surface area contributed by atoms with Crippen LogP contribution >= 0.6 is 35.0 Å². The van der Waals surface area contributed by atoms with Gasteiger partial charge in [0.1, 0.15) is 0 Å². The molecule has 0 aliphatic rings. The van der Waals surface area contributed by atoms with Gasteiger partial charge in [-0.1, -0.05) is 23.3 Å². The molecule has 1 rings (SSSR count). The van der Waals surface area contributed by atoms with Crippen molar-refractivity contribution in [2.45, 2.75) is 18.2 Å². The van der Waals surface area contributed by atoms with Crippen LogP contribution in [-0.4, -0.2) is 11.6 Å². The molecule has 1 aromatic carbocycles. The predicted octanol–water partition coefficient (Wildman–Crippen LogP) is 5.01. The Labute approximate surface area is 106 Å². The number of hydrogen-bond donors (Lipinski definition) is 0. The van der Waals surface area contributed by atoms with E-state index in [0.29, 0.717) is 5.88 Å². The fourth-order valence-corrected chi connectivity index (χ4v) is 2.16. The monoisotopic (exact) mass is 260 g/mol. The molecule has 0 radical (unpaired) electrons. The summed E-state index contributed by atoms with van der Waals surface area (Å²) in [5.41, 5.74) is 1.37. The minimum Gasteiger partial charge on any atom is -0.126 e. The summed E-state index contributed by atoms with van der Waals surface area (Å²) in [6, 6.07) is 7.92. The van der Waals surface area contributed by atoms with E-state index in [-0.39, 0.29) is 0 Å². The number of alkyl halides is 1. The SMILES string of the molecule is C/C(=C\CCCl)CSc1ccc(Cl)cc1. The maximum absolute atomic E-state index is 5.81. The zero-order chi connectivity index (χ0) is 11.1. The average Bonchev–Trinajstić information content (AvgIpc) is 2.25. The Bertz CT molecular complexity index is 317. The van der Waals surface area contributed by atoms with Crippen LogP contribution in [0.4, 0.5) is 0 Å². The smallest absolute Gasteiger partial charge is 0.0406 e. The highest BCUT2D eigenvalue weighted by atomic mass is 35.5. The molecule has 0 saturated carbocycles. The van der Waals surface area contributed by atoms with Crippen LogP contribution in [0.3, 0.4) is 0 Å². The number of allylic oxidation sites excluding steroid dienone is 1. The van der Waals surface area contributed by atoms with Crippen LogP contribution in [0.25, 0.3) is 0 Å². The Morgan fingerprint density at radius 2 is 2.00 bits per heavy atom. The quantitative estimate of drug-likeness (QED) is 0.408. The number of hydrogen-bond acceptors (Lipinski definition) is 1. The lowest BCUT2D eigenvalue weighted by atomic mass is 10.3. The zero-order valence-electron chi connectivity index (χ0n) is 8.67. The minimum absolute atomic E-state index is 0.697. The van der Waals surface area contributed by atoms with Crippen molar-refractivity contribution < 1.29 is 0 Å². The maximum atomic E-state index is 5.81. The van der Waals surface area contributed by atoms with Crippen LogP contribution < -0.4 is 0 Å². The highest BCUT2D eigenvalue weighted by Crippen LogP contribution is 2.22. The molecule has 0 fully saturated rings. The van der Waals surface area contributed by atoms with E-state index in [2.05, 4.69) is 13.0 Å². The molecule has 0 nitrogen and oxygen atoms in total. The summed E-state index contributed by atoms with van der Waals surface area (Å²) >= 11 is 13.2. The van der Waals surface area contributed by atoms with E-state index in [1.807, 2.05) is 36.0 Å². The molecule has 15 heavy (non-hydrogen) atoms. The summed E-state index contributed by atoms with van der Waals surface area (Å²) in [6.45, 7) is 2.13. The van der Waals surface area contributed by atoms with Gasteiger partial charge < -0.3 is 0 Å². The predicted molar refractivity (Wildman–Crippen MR) is 71.3 cm³/mol. The summed E-state index contributed by atoms with van der Waals surface area (Å²) < 4.78 is 0. The third-order valence-corrected chi connectivity index (χ3v) is 3.56. The fourth-order valence-electron chi connectivity index (χ4n) is 1.09. The fraction of sp³-hybridized carbons (Fsp3) is 0.333. The van der Waals surface area contributed by atoms with E-state index >= 15 is 0 Å². The van der Waals surface area contributed by atoms with E-state index in [0.717, 1.165) is 17.2 Å². The molecule has 3 heteroatoms. The third-order valence-electron chi connectivity index (χ3n) is 1.88. The lowest BCUT2D eigenvalue weighted by Crippen LogP contribution is -1.82. The second-order valence-corrected chi connectivity index (χ2v) is 5.13. The number of halogens is 2. The highest BCUT2D eigenvalue weighted by molar-refractivity contribution is 7.99. The van der Waals surface area contributed by atoms with E-state index < -0.39 is 0 Å². The van der Waals surface area contributed by atoms with E-state index in [9.17, 15) is 0 Å². The molecule has 0 unspecified atom stereocenters. The van der Waals surface area contributed by atoms with Gasteiger partial charge in [0.2, 0.25) is 0 Å². The van der Waals surface area contributed by atoms with Crippen LogP contribution in [0.1, 0.15) is 13.3 Å². The molecule has 0 aliphatic carbocycles. The van der Waals surface area contributed by atoms with Gasteiger partial charge >= 0.3 is 0 Å². The van der Waals surface area contributed by atoms with Gasteiger partial charge in [0.15, 0.2) is 0 Å². The second-order valence-electron chi connectivity index (χ2n) is 3.27. The molecule has 1 aromatic rings. The molecule has 0 amide bonds. The maximum Gasteiger partial charge on any atom is 0.0406 e. The number of rotatable bonds is 5. The zero-order valence-corrected chi connectivity index (χ0v) is 11.0. The first-order valence-electron chi connectivity index (χ1n) is 4.82. The van der Waals surface area contributed by atoms with Gasteiger partial charge in [-0.05, 0) is 37.6 Å². The second kappa shape index (κ2) is 7.21. The normalized spacial score (nSPS) is 11.8. The van der Waals surface area contributed by atoms with E-state index in [4.69, 9.17) is 23.2 Å². The van der Waals surface area contributed by atoms with Crippen molar-refractivity contribution in [3.05, 3.63) is 40.9 Å². The standard InChI is InChI=1S/C12H14Cl2S/c1-10(3-2-8-13)9-15-12-6-4-11(14)5-7-12/h3-7H,2,8-9H2,1H3/b10-3+. The molecule has 82 valence electrons. The van der Waals surface area contributed by atoms with Gasteiger partial charge in [0.25, 0.3) is 0 Å². The van der Waals surface area contributed by atoms with Crippen molar-refractivity contribution in [2.75, 3.05) is 11.6 Å². The molecular formula is C12H14Cl2S. The molecule has 0 heterocycles. The van der Waals surface area contributed by atoms with Gasteiger partial charge in [-0.15, -0.1) is 23.4 Å². The first-order chi connectivity index (χ1) is 7.22. The van der Waals surface area contributed by atoms with Crippen molar-refractivity contribution >= 4 is 35.0 Å². The first kappa shape index (κ1) is 13.0. The van der Waals surface area contributed by atoms with Gasteiger partial charge in [0.05, 0.1) is 0 Å². The van der Waals surface area contributed by atoms with Crippen LogP contribution in [0.2, 0.25) is 5.02 Å². The molecular weight excluding hydrogens is 247 g/mol. The van der Waals surface area contributed by atoms with Gasteiger partial charge in [0, 0.05) is 21.6 Å². The lowest BCUT2D eigenvalue weighted by molar-refractivity contribution is 1.19. The Hall–Kier alpha value is -0.110. The molecule has 0 N–H and O–H groups in total. The summed E-state index contributed by atoms with van der Waals surface area (Å²) in [4.78, 5) is 1.25. The Kier molecular flexibility index (Phi) is 6.23. The van der Waals surface area contributed by atoms with Crippen molar-refractivity contribution in [1.29, 1.82) is 0 Å². The van der Waals surface area contributed by atoms with Crippen molar-refractivity contribution in [3.8, 4) is 0 Å². The molecule has 0 aliphatic heterocycles. The Morgan fingerprint density at radius 1 is 1.33 bits per heavy atom. The topological polar surface area (TPSA) is 0 Å². The summed E-state index contributed by atoms with van der Waals surface area (Å²) in [5, 5.41) is 0.786. The first-order valence-corrected chi connectivity index (χ1v) is 6.72. The molecule has 0 bridgehead atoms. The largest absolute Gasteiger partial charge is 0.126 e. The molecule has 0 saturated heterocycles. The van der Waals surface area contributed by atoms with Crippen LogP contribution in [0.5, 0.6) is 0 Å². The highest BCUT2D eigenvalue weighted by Gasteiger charge is 1.95. The van der Waals surface area contributed by atoms with E-state index in [1.54, 1.807) is 0 Å². The summed E-state index contributed by atoms with van der Waals surface area (Å²) in [7, 11) is 0. The number of benzene rings is 1. The molecule has 0 aromatic heterocycles. The van der Waals surface area contributed by atoms with Gasteiger partial charge in [-0.25, -0.2) is 0 Å². The summed E-state index contributed by atoms with van der Waals surface area (Å²) in [6.07, 6.45) is 3.14. The van der Waals surface area contributed by atoms with Crippen molar-refractivity contribution in [2.24, 2.45) is 0 Å². The summed E-state index contributed by atoms with van der Waals surface area (Å²) in [5.74, 6) is 1.71.